The van der Waals surface area contributed by atoms with Gasteiger partial charge in [-0.2, -0.15) is 8.42 Å². The van der Waals surface area contributed by atoms with Crippen LogP contribution in [0.4, 0.5) is 0 Å². The van der Waals surface area contributed by atoms with E-state index >= 15 is 0 Å². The maximum absolute atomic E-state index is 14.5. The second-order valence-corrected chi connectivity index (χ2v) is 13.8. The van der Waals surface area contributed by atoms with Crippen LogP contribution in [0, 0.1) is 0 Å². The number of halogens is 2. The van der Waals surface area contributed by atoms with Crippen molar-refractivity contribution in [2.75, 3.05) is 0 Å². The average molecular weight is 750 g/mol. The number of aromatic nitrogens is 2. The van der Waals surface area contributed by atoms with Gasteiger partial charge in [-0.15, -0.1) is 4.33 Å². The normalized spacial score (nSPS) is 11.9. The molecule has 0 saturated carbocycles. The van der Waals surface area contributed by atoms with Crippen molar-refractivity contribution in [2.24, 2.45) is 0 Å². The summed E-state index contributed by atoms with van der Waals surface area (Å²) in [4.78, 5) is 56.7. The van der Waals surface area contributed by atoms with E-state index in [4.69, 9.17) is 28.5 Å². The van der Waals surface area contributed by atoms with Crippen LogP contribution < -0.4 is 10.9 Å². The number of benzene rings is 5. The summed E-state index contributed by atoms with van der Waals surface area (Å²) in [5, 5.41) is 12.7. The predicted octanol–water partition coefficient (Wildman–Crippen LogP) is 6.98. The topological polar surface area (TPSA) is 171 Å². The molecule has 0 bridgehead atoms. The van der Waals surface area contributed by atoms with Crippen molar-refractivity contribution in [2.45, 2.75) is 9.79 Å². The van der Waals surface area contributed by atoms with E-state index in [1.54, 1.807) is 12.1 Å². The van der Waals surface area contributed by atoms with Gasteiger partial charge in [-0.25, -0.2) is 5.26 Å². The third kappa shape index (κ3) is 5.57. The molecule has 0 atom stereocenters. The first-order valence-electron chi connectivity index (χ1n) is 14.3. The van der Waals surface area contributed by atoms with E-state index in [1.165, 1.54) is 83.4 Å². The zero-order valence-electron chi connectivity index (χ0n) is 24.9. The van der Waals surface area contributed by atoms with E-state index in [1.807, 2.05) is 0 Å². The molecule has 7 aromatic rings. The Balaban J connectivity index is 1.65. The van der Waals surface area contributed by atoms with Gasteiger partial charge in [0.15, 0.2) is 10.9 Å². The minimum absolute atomic E-state index is 0.00546. The number of pyridine rings is 2. The Hall–Kier alpha value is -4.90. The third-order valence-corrected chi connectivity index (χ3v) is 10.1. The number of hydrogen-bond donors (Lipinski definition) is 2. The van der Waals surface area contributed by atoms with Gasteiger partial charge in [-0.05, 0) is 72.8 Å². The van der Waals surface area contributed by atoms with Gasteiger partial charge in [0.05, 0.1) is 50.1 Å². The lowest BCUT2D eigenvalue weighted by molar-refractivity contribution is -0.432. The average Bonchev–Trinajstić information content (AvgIpc) is 3.10. The fourth-order valence-corrected chi connectivity index (χ4v) is 7.44. The Labute approximate surface area is 294 Å². The summed E-state index contributed by atoms with van der Waals surface area (Å²) in [6.45, 7) is 0. The lowest BCUT2D eigenvalue weighted by atomic mass is 10.0. The molecule has 0 radical (unpaired) electrons. The summed E-state index contributed by atoms with van der Waals surface area (Å²) < 4.78 is 41.4. The van der Waals surface area contributed by atoms with Crippen LogP contribution in [0.1, 0.15) is 20.7 Å². The molecule has 50 heavy (non-hydrogen) atoms. The molecular formula is C34H18Cl2N2O10S2. The van der Waals surface area contributed by atoms with E-state index < -0.39 is 43.2 Å². The minimum atomic E-state index is -4.89. The quantitative estimate of drug-likeness (QED) is 0.0591. The first-order valence-corrected chi connectivity index (χ1v) is 17.2. The van der Waals surface area contributed by atoms with Gasteiger partial charge in [0.2, 0.25) is 0 Å². The highest BCUT2D eigenvalue weighted by molar-refractivity contribution is 7.94. The molecule has 0 amide bonds. The number of rotatable bonds is 6. The van der Waals surface area contributed by atoms with E-state index in [2.05, 4.69) is 9.37 Å². The SMILES string of the molecule is O=C(c1ccccc1SOOO)n1c2cc(Cl)ccc2c(=O)c2cc3c(cc21)c(=O)c1ccc(Cl)cc1n3C(=O)c1ccccc1S(=O)(=O)O. The maximum atomic E-state index is 14.5. The second kappa shape index (κ2) is 12.8. The molecule has 0 spiro atoms. The highest BCUT2D eigenvalue weighted by Gasteiger charge is 2.27. The van der Waals surface area contributed by atoms with Gasteiger partial charge in [0, 0.05) is 31.6 Å². The molecular weight excluding hydrogens is 731 g/mol. The standard InChI is InChI=1S/C34H18Cl2N2O10S2/c35-17-9-11-19-25(13-17)37(33(41)21-5-1-3-7-29(21)49-48-47-43)27-15-24-28(16-23(27)31(19)39)38(26-14-18(36)10-12-20(26)32(24)40)34(42)22-6-2-4-8-30(22)50(44,45)46/h1-16,43H,(H,44,45,46). The number of carbonyl (C=O) groups excluding carboxylic acids is 2. The van der Waals surface area contributed by atoms with Crippen LogP contribution in [0.15, 0.2) is 116 Å². The molecule has 250 valence electrons. The fraction of sp³-hybridized carbons (Fsp3) is 0. The summed E-state index contributed by atoms with van der Waals surface area (Å²) in [6, 6.07) is 22.2. The van der Waals surface area contributed by atoms with Crippen LogP contribution in [0.2, 0.25) is 10.0 Å². The Morgan fingerprint density at radius 2 is 1.10 bits per heavy atom. The Kier molecular flexibility index (Phi) is 8.58. The van der Waals surface area contributed by atoms with Gasteiger partial charge < -0.3 is 0 Å². The zero-order chi connectivity index (χ0) is 35.5. The first-order chi connectivity index (χ1) is 23.9. The van der Waals surface area contributed by atoms with Gasteiger partial charge in [0.1, 0.15) is 4.90 Å². The molecule has 16 heteroatoms. The van der Waals surface area contributed by atoms with E-state index in [0.29, 0.717) is 12.0 Å². The number of hydrogen-bond acceptors (Lipinski definition) is 10. The smallest absolute Gasteiger partial charge is 0.288 e. The Morgan fingerprint density at radius 1 is 0.640 bits per heavy atom. The summed E-state index contributed by atoms with van der Waals surface area (Å²) in [5.74, 6) is -1.65. The monoisotopic (exact) mass is 748 g/mol. The molecule has 2 heterocycles. The third-order valence-electron chi connectivity index (χ3n) is 8.05. The summed E-state index contributed by atoms with van der Waals surface area (Å²) >= 11 is 13.2. The molecule has 2 aromatic heterocycles. The van der Waals surface area contributed by atoms with E-state index in [0.717, 1.165) is 10.6 Å². The van der Waals surface area contributed by atoms with Crippen molar-refractivity contribution < 1.29 is 37.2 Å². The van der Waals surface area contributed by atoms with Gasteiger partial charge >= 0.3 is 0 Å². The highest BCUT2D eigenvalue weighted by atomic mass is 35.5. The molecule has 0 unspecified atom stereocenters. The van der Waals surface area contributed by atoms with Crippen LogP contribution >= 0.6 is 35.2 Å². The van der Waals surface area contributed by atoms with Crippen LogP contribution in [0.3, 0.4) is 0 Å². The van der Waals surface area contributed by atoms with E-state index in [-0.39, 0.29) is 64.1 Å². The van der Waals surface area contributed by atoms with Crippen molar-refractivity contribution in [1.82, 2.24) is 9.13 Å². The number of fused-ring (bicyclic) bond motifs is 4. The summed E-state index contributed by atoms with van der Waals surface area (Å²) in [6.07, 6.45) is 0. The van der Waals surface area contributed by atoms with Crippen molar-refractivity contribution in [3.05, 3.63) is 139 Å². The first kappa shape index (κ1) is 33.6. The fourth-order valence-electron chi connectivity index (χ4n) is 5.94. The number of carbonyl (C=O) groups is 2. The molecule has 0 saturated heterocycles. The van der Waals surface area contributed by atoms with Crippen molar-refractivity contribution in [1.29, 1.82) is 0 Å². The molecule has 0 fully saturated rings. The van der Waals surface area contributed by atoms with Gasteiger partial charge in [-0.1, -0.05) is 52.5 Å². The van der Waals surface area contributed by atoms with Gasteiger partial charge in [-0.3, -0.25) is 32.9 Å². The largest absolute Gasteiger partial charge is 0.295 e. The molecule has 0 aliphatic heterocycles. The van der Waals surface area contributed by atoms with Crippen LogP contribution in [0.5, 0.6) is 0 Å². The minimum Gasteiger partial charge on any atom is -0.288 e. The summed E-state index contributed by atoms with van der Waals surface area (Å²) in [5.41, 5.74) is -1.58. The predicted molar refractivity (Wildman–Crippen MR) is 188 cm³/mol. The molecule has 0 aliphatic carbocycles. The lowest BCUT2D eigenvalue weighted by Crippen LogP contribution is -2.23. The van der Waals surface area contributed by atoms with Crippen LogP contribution in [0.25, 0.3) is 43.6 Å². The van der Waals surface area contributed by atoms with Crippen molar-refractivity contribution in [3.63, 3.8) is 0 Å². The Morgan fingerprint density at radius 3 is 1.62 bits per heavy atom. The molecule has 7 rings (SSSR count). The maximum Gasteiger partial charge on any atom is 0.295 e. The van der Waals surface area contributed by atoms with Gasteiger partial charge in [0.25, 0.3) is 21.9 Å². The van der Waals surface area contributed by atoms with Crippen molar-refractivity contribution >= 4 is 101 Å². The summed E-state index contributed by atoms with van der Waals surface area (Å²) in [7, 11) is -4.89. The Bertz CT molecular complexity index is 2850. The molecule has 0 aliphatic rings. The molecule has 12 nitrogen and oxygen atoms in total. The molecule has 5 aromatic carbocycles. The number of nitrogens with zero attached hydrogens (tertiary/aromatic N) is 2. The molecule has 2 N–H and O–H groups in total. The highest BCUT2D eigenvalue weighted by Crippen LogP contribution is 2.32. The van der Waals surface area contributed by atoms with Crippen LogP contribution in [-0.4, -0.2) is 39.2 Å². The van der Waals surface area contributed by atoms with Crippen LogP contribution in [-0.2, 0) is 19.5 Å². The van der Waals surface area contributed by atoms with E-state index in [9.17, 15) is 32.1 Å². The second-order valence-electron chi connectivity index (χ2n) is 10.8. The zero-order valence-corrected chi connectivity index (χ0v) is 28.0. The lowest BCUT2D eigenvalue weighted by Gasteiger charge is -2.19. The van der Waals surface area contributed by atoms with Crippen molar-refractivity contribution in [3.8, 4) is 0 Å².